The molecule has 28 heavy (non-hydrogen) atoms. The minimum atomic E-state index is -4.54. The molecule has 0 aromatic heterocycles. The molecule has 0 amide bonds. The number of hydrogen-bond donors (Lipinski definition) is 0. The van der Waals surface area contributed by atoms with Crippen molar-refractivity contribution in [2.75, 3.05) is 0 Å². The third-order valence-electron chi connectivity index (χ3n) is 4.55. The van der Waals surface area contributed by atoms with E-state index in [2.05, 4.69) is 0 Å². The van der Waals surface area contributed by atoms with Gasteiger partial charge in [-0.05, 0) is 49.6 Å². The largest absolute Gasteiger partial charge is 0.488 e. The summed E-state index contributed by atoms with van der Waals surface area (Å²) in [6, 6.07) is 22.3. The van der Waals surface area contributed by atoms with Crippen molar-refractivity contribution in [1.82, 2.24) is 0 Å². The highest BCUT2D eigenvalue weighted by atomic mass is 19.4. The molecule has 3 aromatic carbocycles. The fourth-order valence-electron chi connectivity index (χ4n) is 3.49. The van der Waals surface area contributed by atoms with Crippen molar-refractivity contribution in [2.45, 2.75) is 38.0 Å². The Kier molecular flexibility index (Phi) is 5.24. The van der Waals surface area contributed by atoms with Gasteiger partial charge in [-0.2, -0.15) is 13.2 Å². The van der Waals surface area contributed by atoms with E-state index in [0.29, 0.717) is 5.75 Å². The summed E-state index contributed by atoms with van der Waals surface area (Å²) in [5.74, 6) is 0.536. The van der Waals surface area contributed by atoms with E-state index in [1.54, 1.807) is 48.5 Å². The number of benzene rings is 3. The summed E-state index contributed by atoms with van der Waals surface area (Å²) in [6.07, 6.45) is -4.54. The van der Waals surface area contributed by atoms with E-state index < -0.39 is 17.2 Å². The van der Waals surface area contributed by atoms with E-state index >= 15 is 0 Å². The highest BCUT2D eigenvalue weighted by Crippen LogP contribution is 2.51. The third-order valence-corrected chi connectivity index (χ3v) is 4.55. The zero-order valence-corrected chi connectivity index (χ0v) is 16.1. The van der Waals surface area contributed by atoms with Gasteiger partial charge in [0.15, 0.2) is 0 Å². The van der Waals surface area contributed by atoms with Gasteiger partial charge in [-0.3, -0.25) is 0 Å². The van der Waals surface area contributed by atoms with Crippen molar-refractivity contribution in [2.24, 2.45) is 0 Å². The van der Waals surface area contributed by atoms with E-state index in [1.807, 2.05) is 20.8 Å². The standard InChI is InChI=1S/C24H23F3O/c1-22(2,3)28-21-16-14-20(15-17-21)23(24(25,26)27,18-10-6-4-7-11-18)19-12-8-5-9-13-19/h4-17H,1-3H3. The van der Waals surface area contributed by atoms with E-state index in [4.69, 9.17) is 4.74 Å². The van der Waals surface area contributed by atoms with Crippen LogP contribution in [0.2, 0.25) is 0 Å². The summed E-state index contributed by atoms with van der Waals surface area (Å²) >= 11 is 0. The molecular weight excluding hydrogens is 361 g/mol. The molecular formula is C24H23F3O. The maximum atomic E-state index is 14.8. The average molecular weight is 384 g/mol. The van der Waals surface area contributed by atoms with Crippen molar-refractivity contribution in [3.05, 3.63) is 102 Å². The first-order chi connectivity index (χ1) is 13.1. The molecule has 3 aromatic rings. The lowest BCUT2D eigenvalue weighted by Gasteiger charge is -2.37. The van der Waals surface area contributed by atoms with Gasteiger partial charge in [-0.25, -0.2) is 0 Å². The third kappa shape index (κ3) is 3.77. The molecule has 0 heterocycles. The van der Waals surface area contributed by atoms with Crippen LogP contribution in [-0.2, 0) is 5.41 Å². The topological polar surface area (TPSA) is 9.23 Å². The minimum Gasteiger partial charge on any atom is -0.488 e. The Morgan fingerprint density at radius 1 is 0.571 bits per heavy atom. The molecule has 0 atom stereocenters. The van der Waals surface area contributed by atoms with Crippen LogP contribution in [0, 0.1) is 0 Å². The molecule has 0 aliphatic carbocycles. The van der Waals surface area contributed by atoms with E-state index in [-0.39, 0.29) is 16.7 Å². The molecule has 0 aliphatic heterocycles. The fraction of sp³-hybridized carbons (Fsp3) is 0.250. The minimum absolute atomic E-state index is 0.152. The Hall–Kier alpha value is -2.75. The van der Waals surface area contributed by atoms with E-state index in [0.717, 1.165) is 0 Å². The Morgan fingerprint density at radius 3 is 1.32 bits per heavy atom. The fourth-order valence-corrected chi connectivity index (χ4v) is 3.49. The summed E-state index contributed by atoms with van der Waals surface area (Å²) in [7, 11) is 0. The zero-order chi connectivity index (χ0) is 20.4. The van der Waals surface area contributed by atoms with Gasteiger partial charge in [-0.15, -0.1) is 0 Å². The van der Waals surface area contributed by atoms with Gasteiger partial charge in [-0.1, -0.05) is 72.8 Å². The normalized spacial score (nSPS) is 12.6. The van der Waals surface area contributed by atoms with Crippen LogP contribution in [0.3, 0.4) is 0 Å². The Balaban J connectivity index is 2.25. The van der Waals surface area contributed by atoms with Gasteiger partial charge in [0, 0.05) is 0 Å². The van der Waals surface area contributed by atoms with Gasteiger partial charge in [0.1, 0.15) is 16.8 Å². The Morgan fingerprint density at radius 2 is 0.964 bits per heavy atom. The van der Waals surface area contributed by atoms with Gasteiger partial charge in [0.05, 0.1) is 0 Å². The average Bonchev–Trinajstić information content (AvgIpc) is 2.63. The highest BCUT2D eigenvalue weighted by Gasteiger charge is 2.58. The van der Waals surface area contributed by atoms with Crippen molar-refractivity contribution in [3.63, 3.8) is 0 Å². The van der Waals surface area contributed by atoms with Crippen molar-refractivity contribution in [3.8, 4) is 5.75 Å². The van der Waals surface area contributed by atoms with Crippen LogP contribution in [0.4, 0.5) is 13.2 Å². The molecule has 0 bridgehead atoms. The van der Waals surface area contributed by atoms with Crippen molar-refractivity contribution < 1.29 is 17.9 Å². The van der Waals surface area contributed by atoms with E-state index in [1.165, 1.54) is 36.4 Å². The molecule has 3 rings (SSSR count). The van der Waals surface area contributed by atoms with Crippen LogP contribution >= 0.6 is 0 Å². The Labute approximate surface area is 163 Å². The summed E-state index contributed by atoms with van der Waals surface area (Å²) in [5, 5.41) is 0. The molecule has 0 aliphatic rings. The lowest BCUT2D eigenvalue weighted by Crippen LogP contribution is -2.44. The molecule has 0 fully saturated rings. The van der Waals surface area contributed by atoms with Crippen LogP contribution in [0.5, 0.6) is 5.75 Å². The maximum absolute atomic E-state index is 14.8. The molecule has 146 valence electrons. The lowest BCUT2D eigenvalue weighted by atomic mass is 9.69. The number of rotatable bonds is 4. The monoisotopic (exact) mass is 384 g/mol. The first-order valence-corrected chi connectivity index (χ1v) is 9.12. The molecule has 4 heteroatoms. The molecule has 0 unspecified atom stereocenters. The highest BCUT2D eigenvalue weighted by molar-refractivity contribution is 5.53. The molecule has 0 spiro atoms. The van der Waals surface area contributed by atoms with Gasteiger partial charge >= 0.3 is 6.18 Å². The van der Waals surface area contributed by atoms with Crippen LogP contribution in [0.15, 0.2) is 84.9 Å². The van der Waals surface area contributed by atoms with Crippen LogP contribution < -0.4 is 4.74 Å². The maximum Gasteiger partial charge on any atom is 0.406 e. The summed E-state index contributed by atoms with van der Waals surface area (Å²) in [6.45, 7) is 5.69. The molecule has 0 radical (unpaired) electrons. The summed E-state index contributed by atoms with van der Waals surface area (Å²) < 4.78 is 50.1. The lowest BCUT2D eigenvalue weighted by molar-refractivity contribution is -0.166. The predicted octanol–water partition coefficient (Wildman–Crippen LogP) is 6.76. The molecule has 0 saturated carbocycles. The second-order valence-corrected chi connectivity index (χ2v) is 7.72. The van der Waals surface area contributed by atoms with E-state index in [9.17, 15) is 13.2 Å². The van der Waals surface area contributed by atoms with Crippen LogP contribution in [0.25, 0.3) is 0 Å². The molecule has 0 saturated heterocycles. The van der Waals surface area contributed by atoms with Gasteiger partial charge in [0.2, 0.25) is 0 Å². The Bertz CT molecular complexity index is 853. The number of hydrogen-bond acceptors (Lipinski definition) is 1. The second kappa shape index (κ2) is 7.34. The van der Waals surface area contributed by atoms with Crippen molar-refractivity contribution in [1.29, 1.82) is 0 Å². The van der Waals surface area contributed by atoms with Crippen LogP contribution in [0.1, 0.15) is 37.5 Å². The smallest absolute Gasteiger partial charge is 0.406 e. The second-order valence-electron chi connectivity index (χ2n) is 7.72. The van der Waals surface area contributed by atoms with Gasteiger partial charge < -0.3 is 4.74 Å². The molecule has 1 nitrogen and oxygen atoms in total. The quantitative estimate of drug-likeness (QED) is 0.452. The zero-order valence-electron chi connectivity index (χ0n) is 16.1. The first-order valence-electron chi connectivity index (χ1n) is 9.12. The van der Waals surface area contributed by atoms with Crippen molar-refractivity contribution >= 4 is 0 Å². The predicted molar refractivity (Wildman–Crippen MR) is 106 cm³/mol. The molecule has 0 N–H and O–H groups in total. The van der Waals surface area contributed by atoms with Crippen LogP contribution in [-0.4, -0.2) is 11.8 Å². The summed E-state index contributed by atoms with van der Waals surface area (Å²) in [5.41, 5.74) is -2.19. The number of alkyl halides is 3. The number of halogens is 3. The first kappa shape index (κ1) is 20.0. The van der Waals surface area contributed by atoms with Gasteiger partial charge in [0.25, 0.3) is 0 Å². The summed E-state index contributed by atoms with van der Waals surface area (Å²) in [4.78, 5) is 0. The number of ether oxygens (including phenoxy) is 1. The SMILES string of the molecule is CC(C)(C)Oc1ccc(C(c2ccccc2)(c2ccccc2)C(F)(F)F)cc1.